The number of amides is 1. The number of ether oxygens (including phenoxy) is 2. The highest BCUT2D eigenvalue weighted by Crippen LogP contribution is 2.36. The van der Waals surface area contributed by atoms with Crippen LogP contribution in [0, 0.1) is 0 Å². The van der Waals surface area contributed by atoms with Crippen LogP contribution in [0.2, 0.25) is 5.02 Å². The molecule has 1 saturated heterocycles. The van der Waals surface area contributed by atoms with Crippen molar-refractivity contribution in [3.8, 4) is 0 Å². The van der Waals surface area contributed by atoms with Crippen LogP contribution in [0.15, 0.2) is 54.6 Å². The summed E-state index contributed by atoms with van der Waals surface area (Å²) in [5.41, 5.74) is 1.83. The number of carbonyl (C=O) groups excluding carboxylic acids is 2. The first-order valence-electron chi connectivity index (χ1n) is 9.64. The van der Waals surface area contributed by atoms with Gasteiger partial charge in [-0.2, -0.15) is 0 Å². The van der Waals surface area contributed by atoms with E-state index in [9.17, 15) is 9.59 Å². The Morgan fingerprint density at radius 2 is 1.76 bits per heavy atom. The lowest BCUT2D eigenvalue weighted by atomic mass is 9.73. The molecule has 0 radical (unpaired) electrons. The number of rotatable bonds is 6. The van der Waals surface area contributed by atoms with Crippen LogP contribution in [-0.2, 0) is 24.5 Å². The first-order chi connectivity index (χ1) is 14.0. The third kappa shape index (κ3) is 5.25. The molecule has 0 unspecified atom stereocenters. The van der Waals surface area contributed by atoms with Crippen molar-refractivity contribution in [2.75, 3.05) is 25.1 Å². The van der Waals surface area contributed by atoms with E-state index in [0.717, 1.165) is 11.1 Å². The fourth-order valence-electron chi connectivity index (χ4n) is 3.42. The first-order valence-corrected chi connectivity index (χ1v) is 10.0. The number of carbonyl (C=O) groups is 2. The van der Waals surface area contributed by atoms with E-state index < -0.39 is 5.41 Å². The number of esters is 1. The summed E-state index contributed by atoms with van der Waals surface area (Å²) in [5, 5.41) is 3.68. The summed E-state index contributed by atoms with van der Waals surface area (Å²) in [6.07, 6.45) is 4.29. The molecule has 6 heteroatoms. The molecule has 29 heavy (non-hydrogen) atoms. The Kier molecular flexibility index (Phi) is 7.07. The molecule has 1 amide bonds. The van der Waals surface area contributed by atoms with Crippen LogP contribution in [0.4, 0.5) is 5.69 Å². The Labute approximate surface area is 175 Å². The average Bonchev–Trinajstić information content (AvgIpc) is 2.74. The largest absolute Gasteiger partial charge is 0.463 e. The predicted molar refractivity (Wildman–Crippen MR) is 114 cm³/mol. The van der Waals surface area contributed by atoms with E-state index in [1.54, 1.807) is 13.0 Å². The van der Waals surface area contributed by atoms with E-state index in [0.29, 0.717) is 43.4 Å². The maximum absolute atomic E-state index is 13.3. The van der Waals surface area contributed by atoms with E-state index in [1.807, 2.05) is 48.5 Å². The van der Waals surface area contributed by atoms with Gasteiger partial charge in [0.25, 0.3) is 0 Å². The van der Waals surface area contributed by atoms with Gasteiger partial charge in [0.1, 0.15) is 0 Å². The van der Waals surface area contributed by atoms with Gasteiger partial charge in [-0.05, 0) is 61.2 Å². The fraction of sp³-hybridized carbons (Fsp3) is 0.304. The molecule has 3 rings (SSSR count). The van der Waals surface area contributed by atoms with Gasteiger partial charge >= 0.3 is 5.97 Å². The zero-order valence-electron chi connectivity index (χ0n) is 16.3. The minimum atomic E-state index is -0.647. The van der Waals surface area contributed by atoms with Gasteiger partial charge in [-0.1, -0.05) is 35.9 Å². The molecule has 0 aliphatic carbocycles. The lowest BCUT2D eigenvalue weighted by Crippen LogP contribution is -2.44. The van der Waals surface area contributed by atoms with Gasteiger partial charge in [0, 0.05) is 30.0 Å². The lowest BCUT2D eigenvalue weighted by Gasteiger charge is -2.36. The number of halogens is 1. The standard InChI is InChI=1S/C23H24ClNO4/c1-2-29-21(26)12-5-17-3-10-20(11-4-17)25-22(27)23(13-15-28-16-14-23)18-6-8-19(24)9-7-18/h3-12H,2,13-16H2,1H3,(H,25,27)/b12-5+. The summed E-state index contributed by atoms with van der Waals surface area (Å²) in [6.45, 7) is 3.17. The summed E-state index contributed by atoms with van der Waals surface area (Å²) >= 11 is 6.02. The van der Waals surface area contributed by atoms with Crippen molar-refractivity contribution in [1.82, 2.24) is 0 Å². The van der Waals surface area contributed by atoms with Crippen LogP contribution in [-0.4, -0.2) is 31.7 Å². The molecule has 1 heterocycles. The average molecular weight is 414 g/mol. The minimum absolute atomic E-state index is 0.0575. The fourth-order valence-corrected chi connectivity index (χ4v) is 3.54. The summed E-state index contributed by atoms with van der Waals surface area (Å²) in [7, 11) is 0. The van der Waals surface area contributed by atoms with Crippen LogP contribution >= 0.6 is 11.6 Å². The van der Waals surface area contributed by atoms with Crippen molar-refractivity contribution in [3.05, 3.63) is 70.8 Å². The quantitative estimate of drug-likeness (QED) is 0.555. The summed E-state index contributed by atoms with van der Waals surface area (Å²) in [4.78, 5) is 24.7. The van der Waals surface area contributed by atoms with Crippen molar-refractivity contribution in [2.24, 2.45) is 0 Å². The van der Waals surface area contributed by atoms with E-state index in [2.05, 4.69) is 5.32 Å². The highest BCUT2D eigenvalue weighted by atomic mass is 35.5. The normalized spacial score (nSPS) is 15.8. The van der Waals surface area contributed by atoms with Crippen LogP contribution < -0.4 is 5.32 Å². The molecule has 1 aliphatic heterocycles. The van der Waals surface area contributed by atoms with Crippen LogP contribution in [0.5, 0.6) is 0 Å². The first kappa shape index (κ1) is 21.1. The number of benzene rings is 2. The Bertz CT molecular complexity index is 869. The molecule has 0 atom stereocenters. The highest BCUT2D eigenvalue weighted by molar-refractivity contribution is 6.30. The molecule has 1 N–H and O–H groups in total. The van der Waals surface area contributed by atoms with Crippen molar-refractivity contribution in [1.29, 1.82) is 0 Å². The Morgan fingerprint density at radius 1 is 1.10 bits per heavy atom. The van der Waals surface area contributed by atoms with Gasteiger partial charge in [-0.15, -0.1) is 0 Å². The Balaban J connectivity index is 1.74. The van der Waals surface area contributed by atoms with E-state index in [-0.39, 0.29) is 11.9 Å². The molecule has 1 fully saturated rings. The topological polar surface area (TPSA) is 64.6 Å². The molecule has 2 aromatic rings. The van der Waals surface area contributed by atoms with Crippen molar-refractivity contribution < 1.29 is 19.1 Å². The molecule has 152 valence electrons. The number of nitrogens with one attached hydrogen (secondary N) is 1. The minimum Gasteiger partial charge on any atom is -0.463 e. The summed E-state index contributed by atoms with van der Waals surface area (Å²) in [5.74, 6) is -0.438. The molecule has 1 aliphatic rings. The smallest absolute Gasteiger partial charge is 0.330 e. The van der Waals surface area contributed by atoms with Crippen LogP contribution in [0.25, 0.3) is 6.08 Å². The molecule has 0 saturated carbocycles. The number of anilines is 1. The van der Waals surface area contributed by atoms with E-state index in [1.165, 1.54) is 6.08 Å². The van der Waals surface area contributed by atoms with Crippen molar-refractivity contribution in [3.63, 3.8) is 0 Å². The second-order valence-electron chi connectivity index (χ2n) is 6.86. The molecular weight excluding hydrogens is 390 g/mol. The molecule has 0 spiro atoms. The highest BCUT2D eigenvalue weighted by Gasteiger charge is 2.41. The molecule has 5 nitrogen and oxygen atoms in total. The van der Waals surface area contributed by atoms with E-state index in [4.69, 9.17) is 21.1 Å². The van der Waals surface area contributed by atoms with Gasteiger partial charge in [0.15, 0.2) is 0 Å². The van der Waals surface area contributed by atoms with Crippen molar-refractivity contribution >= 4 is 35.2 Å². The Hall–Kier alpha value is -2.63. The van der Waals surface area contributed by atoms with Gasteiger partial charge in [0.2, 0.25) is 5.91 Å². The third-order valence-corrected chi connectivity index (χ3v) is 5.30. The second kappa shape index (κ2) is 9.72. The van der Waals surface area contributed by atoms with E-state index >= 15 is 0 Å². The van der Waals surface area contributed by atoms with Crippen molar-refractivity contribution in [2.45, 2.75) is 25.2 Å². The maximum atomic E-state index is 13.3. The maximum Gasteiger partial charge on any atom is 0.330 e. The van der Waals surface area contributed by atoms with Crippen LogP contribution in [0.1, 0.15) is 30.9 Å². The molecule has 0 bridgehead atoms. The second-order valence-corrected chi connectivity index (χ2v) is 7.30. The monoisotopic (exact) mass is 413 g/mol. The number of hydrogen-bond donors (Lipinski definition) is 1. The molecule has 2 aromatic carbocycles. The zero-order valence-corrected chi connectivity index (χ0v) is 17.1. The van der Waals surface area contributed by atoms with Gasteiger partial charge in [0.05, 0.1) is 12.0 Å². The predicted octanol–water partition coefficient (Wildman–Crippen LogP) is 4.60. The molecular formula is C23H24ClNO4. The number of hydrogen-bond acceptors (Lipinski definition) is 4. The Morgan fingerprint density at radius 3 is 2.38 bits per heavy atom. The van der Waals surface area contributed by atoms with Gasteiger partial charge < -0.3 is 14.8 Å². The summed E-state index contributed by atoms with van der Waals surface area (Å²) < 4.78 is 10.4. The SMILES string of the molecule is CCOC(=O)/C=C/c1ccc(NC(=O)C2(c3ccc(Cl)cc3)CCOCC2)cc1. The summed E-state index contributed by atoms with van der Waals surface area (Å²) in [6, 6.07) is 14.8. The van der Waals surface area contributed by atoms with Gasteiger partial charge in [-0.25, -0.2) is 4.79 Å². The third-order valence-electron chi connectivity index (χ3n) is 5.04. The zero-order chi connectivity index (χ0) is 20.7. The molecule has 0 aromatic heterocycles. The lowest BCUT2D eigenvalue weighted by molar-refractivity contribution is -0.137. The van der Waals surface area contributed by atoms with Gasteiger partial charge in [-0.3, -0.25) is 4.79 Å². The van der Waals surface area contributed by atoms with Crippen LogP contribution in [0.3, 0.4) is 0 Å².